The van der Waals surface area contributed by atoms with Gasteiger partial charge in [-0.2, -0.15) is 17.4 Å². The zero-order valence-corrected chi connectivity index (χ0v) is 18.8. The summed E-state index contributed by atoms with van der Waals surface area (Å²) in [5.41, 5.74) is 2.88. The third kappa shape index (κ3) is 3.96. The number of H-pyrrole nitrogens is 1. The number of anilines is 1. The molecule has 2 fully saturated rings. The number of hydrogen-bond acceptors (Lipinski definition) is 7. The quantitative estimate of drug-likeness (QED) is 0.426. The summed E-state index contributed by atoms with van der Waals surface area (Å²) in [5.74, 6) is 0.662. The van der Waals surface area contributed by atoms with Crippen molar-refractivity contribution in [2.24, 2.45) is 11.8 Å². The van der Waals surface area contributed by atoms with Gasteiger partial charge in [-0.1, -0.05) is 0 Å². The summed E-state index contributed by atoms with van der Waals surface area (Å²) in [7, 11) is -3.52. The molecule has 1 aliphatic carbocycles. The minimum Gasteiger partial charge on any atom is -0.395 e. The van der Waals surface area contributed by atoms with Gasteiger partial charge in [0.25, 0.3) is 10.2 Å². The van der Waals surface area contributed by atoms with Crippen molar-refractivity contribution in [3.05, 3.63) is 29.5 Å². The maximum atomic E-state index is 12.4. The van der Waals surface area contributed by atoms with E-state index in [1.165, 1.54) is 4.31 Å². The van der Waals surface area contributed by atoms with E-state index in [0.29, 0.717) is 24.9 Å². The SMILES string of the molecule is Cc1cnc(-c2cnc3[nH]ccc3c2NC2C[C@@H]3CN(S(=O)(=O)NCCO)C[C@@H]3C2)s1. The highest BCUT2D eigenvalue weighted by molar-refractivity contribution is 7.87. The monoisotopic (exact) mass is 462 g/mol. The van der Waals surface area contributed by atoms with Crippen LogP contribution in [0.25, 0.3) is 21.6 Å². The average molecular weight is 463 g/mol. The van der Waals surface area contributed by atoms with Gasteiger partial charge in [-0.15, -0.1) is 11.3 Å². The normalized spacial score (nSPS) is 24.1. The highest BCUT2D eigenvalue weighted by Gasteiger charge is 2.44. The Balaban J connectivity index is 1.34. The molecular weight excluding hydrogens is 436 g/mol. The summed E-state index contributed by atoms with van der Waals surface area (Å²) < 4.78 is 28.7. The van der Waals surface area contributed by atoms with Gasteiger partial charge in [0.15, 0.2) is 0 Å². The summed E-state index contributed by atoms with van der Waals surface area (Å²) in [4.78, 5) is 13.5. The van der Waals surface area contributed by atoms with E-state index < -0.39 is 10.2 Å². The van der Waals surface area contributed by atoms with Gasteiger partial charge < -0.3 is 15.4 Å². The van der Waals surface area contributed by atoms with Gasteiger partial charge in [0, 0.05) is 54.5 Å². The Kier molecular flexibility index (Phi) is 5.47. The number of fused-ring (bicyclic) bond motifs is 2. The van der Waals surface area contributed by atoms with Gasteiger partial charge in [-0.05, 0) is 37.7 Å². The molecule has 4 N–H and O–H groups in total. The largest absolute Gasteiger partial charge is 0.395 e. The van der Waals surface area contributed by atoms with Crippen LogP contribution in [0, 0.1) is 18.8 Å². The molecule has 31 heavy (non-hydrogen) atoms. The molecule has 1 saturated carbocycles. The van der Waals surface area contributed by atoms with Gasteiger partial charge >= 0.3 is 0 Å². The van der Waals surface area contributed by atoms with E-state index in [2.05, 4.69) is 25.0 Å². The van der Waals surface area contributed by atoms with E-state index in [4.69, 9.17) is 5.11 Å². The highest BCUT2D eigenvalue weighted by atomic mass is 32.2. The number of aliphatic hydroxyl groups excluding tert-OH is 1. The second-order valence-corrected chi connectivity index (χ2v) is 11.3. The maximum Gasteiger partial charge on any atom is 0.279 e. The minimum absolute atomic E-state index is 0.0477. The summed E-state index contributed by atoms with van der Waals surface area (Å²) in [6.45, 7) is 2.94. The first kappa shape index (κ1) is 20.8. The number of nitrogens with one attached hydrogen (secondary N) is 3. The molecule has 3 aromatic rings. The van der Waals surface area contributed by atoms with Crippen LogP contribution in [-0.2, 0) is 10.2 Å². The first-order valence-electron chi connectivity index (χ1n) is 10.5. The van der Waals surface area contributed by atoms with Crippen LogP contribution in [0.3, 0.4) is 0 Å². The zero-order chi connectivity index (χ0) is 21.6. The first-order chi connectivity index (χ1) is 14.9. The van der Waals surface area contributed by atoms with Crippen molar-refractivity contribution in [1.82, 2.24) is 24.0 Å². The number of aryl methyl sites for hydroxylation is 1. The van der Waals surface area contributed by atoms with Crippen molar-refractivity contribution >= 4 is 38.3 Å². The van der Waals surface area contributed by atoms with Crippen LogP contribution >= 0.6 is 11.3 Å². The van der Waals surface area contributed by atoms with Gasteiger partial charge in [0.05, 0.1) is 17.9 Å². The molecule has 0 radical (unpaired) electrons. The van der Waals surface area contributed by atoms with E-state index in [0.717, 1.165) is 45.0 Å². The number of hydrogen-bond donors (Lipinski definition) is 4. The molecule has 2 aliphatic rings. The molecule has 0 spiro atoms. The lowest BCUT2D eigenvalue weighted by atomic mass is 10.0. The van der Waals surface area contributed by atoms with Gasteiger partial charge in [0.1, 0.15) is 10.7 Å². The Bertz CT molecular complexity index is 1180. The van der Waals surface area contributed by atoms with Crippen molar-refractivity contribution < 1.29 is 13.5 Å². The van der Waals surface area contributed by atoms with Crippen LogP contribution in [0.4, 0.5) is 5.69 Å². The molecule has 1 saturated heterocycles. The van der Waals surface area contributed by atoms with Crippen molar-refractivity contribution in [3.63, 3.8) is 0 Å². The first-order valence-corrected chi connectivity index (χ1v) is 12.7. The highest BCUT2D eigenvalue weighted by Crippen LogP contribution is 2.42. The Labute approximate surface area is 185 Å². The van der Waals surface area contributed by atoms with Crippen LogP contribution in [0.1, 0.15) is 17.7 Å². The predicted molar refractivity (Wildman–Crippen MR) is 121 cm³/mol. The third-order valence-electron chi connectivity index (χ3n) is 6.24. The molecule has 9 nitrogen and oxygen atoms in total. The molecule has 4 heterocycles. The number of aromatic amines is 1. The lowest BCUT2D eigenvalue weighted by Gasteiger charge is -2.21. The lowest BCUT2D eigenvalue weighted by molar-refractivity contribution is 0.299. The predicted octanol–water partition coefficient (Wildman–Crippen LogP) is 1.94. The van der Waals surface area contributed by atoms with Crippen molar-refractivity contribution in [3.8, 4) is 10.6 Å². The molecule has 0 aromatic carbocycles. The molecule has 0 amide bonds. The number of nitrogens with zero attached hydrogens (tertiary/aromatic N) is 3. The van der Waals surface area contributed by atoms with Crippen LogP contribution in [0.2, 0.25) is 0 Å². The summed E-state index contributed by atoms with van der Waals surface area (Å²) in [5, 5.41) is 14.6. The maximum absolute atomic E-state index is 12.4. The number of aliphatic hydroxyl groups is 1. The average Bonchev–Trinajstić information content (AvgIpc) is 3.49. The van der Waals surface area contributed by atoms with Gasteiger partial charge in [-0.3, -0.25) is 0 Å². The summed E-state index contributed by atoms with van der Waals surface area (Å²) in [6.07, 6.45) is 7.48. The Morgan fingerprint density at radius 2 is 2.03 bits per heavy atom. The Morgan fingerprint density at radius 3 is 2.71 bits per heavy atom. The van der Waals surface area contributed by atoms with Crippen LogP contribution in [-0.4, -0.2) is 65.1 Å². The van der Waals surface area contributed by atoms with Gasteiger partial charge in [0.2, 0.25) is 0 Å². The zero-order valence-electron chi connectivity index (χ0n) is 17.2. The summed E-state index contributed by atoms with van der Waals surface area (Å²) in [6, 6.07) is 2.30. The molecule has 3 aromatic heterocycles. The van der Waals surface area contributed by atoms with Gasteiger partial charge in [-0.25, -0.2) is 9.97 Å². The number of pyridine rings is 1. The fourth-order valence-electron chi connectivity index (χ4n) is 4.85. The van der Waals surface area contributed by atoms with E-state index in [1.54, 1.807) is 11.3 Å². The fraction of sp³-hybridized carbons (Fsp3) is 0.500. The fourth-order valence-corrected chi connectivity index (χ4v) is 6.93. The molecule has 0 bridgehead atoms. The summed E-state index contributed by atoms with van der Waals surface area (Å²) >= 11 is 1.65. The molecule has 166 valence electrons. The molecule has 3 atom stereocenters. The van der Waals surface area contributed by atoms with E-state index in [9.17, 15) is 8.42 Å². The number of thiazole rings is 1. The second kappa shape index (κ2) is 8.14. The van der Waals surface area contributed by atoms with E-state index >= 15 is 0 Å². The Morgan fingerprint density at radius 1 is 1.26 bits per heavy atom. The topological polar surface area (TPSA) is 123 Å². The Hall–Kier alpha value is -2.05. The number of aromatic nitrogens is 3. The smallest absolute Gasteiger partial charge is 0.279 e. The van der Waals surface area contributed by atoms with E-state index in [-0.39, 0.29) is 19.2 Å². The van der Waals surface area contributed by atoms with Crippen LogP contribution in [0.15, 0.2) is 24.7 Å². The van der Waals surface area contributed by atoms with E-state index in [1.807, 2.05) is 31.6 Å². The molecule has 11 heteroatoms. The molecule has 1 unspecified atom stereocenters. The van der Waals surface area contributed by atoms with Crippen molar-refractivity contribution in [2.45, 2.75) is 25.8 Å². The van der Waals surface area contributed by atoms with Crippen molar-refractivity contribution in [1.29, 1.82) is 0 Å². The molecule has 5 rings (SSSR count). The third-order valence-corrected chi connectivity index (χ3v) is 8.73. The number of rotatable bonds is 7. The standard InChI is InChI=1S/C20H26N6O3S2/c1-12-8-23-20(30-12)17-9-22-19-16(2-3-21-19)18(17)25-15-6-13-10-26(11-14(13)7-15)31(28,29)24-4-5-27/h2-3,8-9,13-15,24,27H,4-7,10-11H2,1H3,(H2,21,22,25)/t13-,14+,15?. The minimum atomic E-state index is -3.52. The second-order valence-electron chi connectivity index (χ2n) is 8.34. The molecular formula is C20H26N6O3S2. The van der Waals surface area contributed by atoms with Crippen LogP contribution < -0.4 is 10.0 Å². The lowest BCUT2D eigenvalue weighted by Crippen LogP contribution is -2.41. The molecule has 1 aliphatic heterocycles. The van der Waals surface area contributed by atoms with Crippen molar-refractivity contribution in [2.75, 3.05) is 31.6 Å². The van der Waals surface area contributed by atoms with Crippen LogP contribution in [0.5, 0.6) is 0 Å².